The molecule has 2 atom stereocenters. The second kappa shape index (κ2) is 5.21. The molecule has 0 bridgehead atoms. The molecule has 1 saturated carbocycles. The molecule has 0 aliphatic heterocycles. The first kappa shape index (κ1) is 13.5. The van der Waals surface area contributed by atoms with Gasteiger partial charge in [0.05, 0.1) is 11.4 Å². The fourth-order valence-corrected chi connectivity index (χ4v) is 3.36. The quantitative estimate of drug-likeness (QED) is 0.786. The fourth-order valence-electron chi connectivity index (χ4n) is 3.36. The van der Waals surface area contributed by atoms with Gasteiger partial charge in [-0.15, -0.1) is 0 Å². The molecule has 6 heteroatoms. The van der Waals surface area contributed by atoms with Crippen molar-refractivity contribution in [2.45, 2.75) is 37.6 Å². The summed E-state index contributed by atoms with van der Waals surface area (Å²) in [6.07, 6.45) is 4.40. The summed E-state index contributed by atoms with van der Waals surface area (Å²) in [5, 5.41) is 9.71. The number of nitrogens with zero attached hydrogens (tertiary/aromatic N) is 4. The fraction of sp³-hybridized carbons (Fsp3) is 0.438. The number of aryl methyl sites for hydroxylation is 1. The highest BCUT2D eigenvalue weighted by atomic mass is 16.5. The van der Waals surface area contributed by atoms with Gasteiger partial charge in [0, 0.05) is 18.5 Å². The van der Waals surface area contributed by atoms with Gasteiger partial charge in [-0.3, -0.25) is 4.68 Å². The first-order valence-corrected chi connectivity index (χ1v) is 7.75. The Morgan fingerprint density at radius 3 is 2.91 bits per heavy atom. The first-order valence-electron chi connectivity index (χ1n) is 7.75. The molecule has 0 amide bonds. The molecule has 0 radical (unpaired) electrons. The predicted octanol–water partition coefficient (Wildman–Crippen LogP) is 2.61. The SMILES string of the molecule is Cn1nc2ccccc2c1-c1noc([C@@H]2CCCC[C@@H]2N)n1. The molecule has 1 aliphatic carbocycles. The second-order valence-electron chi connectivity index (χ2n) is 6.00. The highest BCUT2D eigenvalue weighted by molar-refractivity contribution is 5.91. The van der Waals surface area contributed by atoms with Crippen LogP contribution in [-0.2, 0) is 7.05 Å². The summed E-state index contributed by atoms with van der Waals surface area (Å²) in [5.41, 5.74) is 8.03. The summed E-state index contributed by atoms with van der Waals surface area (Å²) in [4.78, 5) is 4.62. The number of benzene rings is 1. The van der Waals surface area contributed by atoms with Crippen molar-refractivity contribution in [1.82, 2.24) is 19.9 Å². The lowest BCUT2D eigenvalue weighted by Gasteiger charge is -2.25. The molecule has 0 spiro atoms. The van der Waals surface area contributed by atoms with Crippen molar-refractivity contribution in [3.8, 4) is 11.5 Å². The van der Waals surface area contributed by atoms with Crippen molar-refractivity contribution >= 4 is 10.9 Å². The van der Waals surface area contributed by atoms with Gasteiger partial charge < -0.3 is 10.3 Å². The van der Waals surface area contributed by atoms with E-state index >= 15 is 0 Å². The Hall–Kier alpha value is -2.21. The van der Waals surface area contributed by atoms with Gasteiger partial charge in [0.25, 0.3) is 0 Å². The highest BCUT2D eigenvalue weighted by Gasteiger charge is 2.29. The number of rotatable bonds is 2. The monoisotopic (exact) mass is 297 g/mol. The van der Waals surface area contributed by atoms with Gasteiger partial charge in [-0.2, -0.15) is 10.1 Å². The Balaban J connectivity index is 1.75. The molecule has 3 aromatic rings. The van der Waals surface area contributed by atoms with E-state index < -0.39 is 0 Å². The van der Waals surface area contributed by atoms with Gasteiger partial charge in [0.1, 0.15) is 5.69 Å². The molecule has 114 valence electrons. The van der Waals surface area contributed by atoms with Crippen LogP contribution < -0.4 is 5.73 Å². The van der Waals surface area contributed by atoms with E-state index in [4.69, 9.17) is 10.3 Å². The van der Waals surface area contributed by atoms with Crippen molar-refractivity contribution in [3.63, 3.8) is 0 Å². The summed E-state index contributed by atoms with van der Waals surface area (Å²) in [6.45, 7) is 0. The molecule has 2 heterocycles. The number of hydrogen-bond acceptors (Lipinski definition) is 5. The van der Waals surface area contributed by atoms with Crippen molar-refractivity contribution < 1.29 is 4.52 Å². The van der Waals surface area contributed by atoms with E-state index in [0.717, 1.165) is 29.4 Å². The van der Waals surface area contributed by atoms with Crippen LogP contribution in [0.5, 0.6) is 0 Å². The smallest absolute Gasteiger partial charge is 0.231 e. The Morgan fingerprint density at radius 2 is 2.05 bits per heavy atom. The highest BCUT2D eigenvalue weighted by Crippen LogP contribution is 2.33. The first-order chi connectivity index (χ1) is 10.7. The molecule has 1 aliphatic rings. The Bertz CT molecular complexity index is 806. The lowest BCUT2D eigenvalue weighted by Crippen LogP contribution is -2.31. The Kier molecular flexibility index (Phi) is 3.18. The van der Waals surface area contributed by atoms with E-state index in [2.05, 4.69) is 15.2 Å². The van der Waals surface area contributed by atoms with Crippen LogP contribution in [0.25, 0.3) is 22.4 Å². The molecule has 1 aromatic carbocycles. The summed E-state index contributed by atoms with van der Waals surface area (Å²) < 4.78 is 7.33. The van der Waals surface area contributed by atoms with Crippen LogP contribution in [0.3, 0.4) is 0 Å². The number of hydrogen-bond donors (Lipinski definition) is 1. The Morgan fingerprint density at radius 1 is 1.23 bits per heavy atom. The normalized spacial score (nSPS) is 22.3. The molecule has 4 rings (SSSR count). The van der Waals surface area contributed by atoms with Crippen molar-refractivity contribution in [2.75, 3.05) is 0 Å². The average Bonchev–Trinajstić information content (AvgIpc) is 3.10. The van der Waals surface area contributed by atoms with E-state index in [1.54, 1.807) is 4.68 Å². The van der Waals surface area contributed by atoms with Crippen LogP contribution in [0.4, 0.5) is 0 Å². The maximum Gasteiger partial charge on any atom is 0.231 e. The van der Waals surface area contributed by atoms with E-state index in [1.807, 2.05) is 31.3 Å². The minimum absolute atomic E-state index is 0.116. The molecule has 2 aromatic heterocycles. The largest absolute Gasteiger partial charge is 0.339 e. The topological polar surface area (TPSA) is 82.8 Å². The van der Waals surface area contributed by atoms with Gasteiger partial charge in [0.2, 0.25) is 11.7 Å². The number of nitrogens with two attached hydrogens (primary N) is 1. The summed E-state index contributed by atoms with van der Waals surface area (Å²) >= 11 is 0. The zero-order chi connectivity index (χ0) is 15.1. The third kappa shape index (κ3) is 2.11. The molecular weight excluding hydrogens is 278 g/mol. The molecule has 2 N–H and O–H groups in total. The van der Waals surface area contributed by atoms with Crippen LogP contribution in [0.2, 0.25) is 0 Å². The van der Waals surface area contributed by atoms with Crippen molar-refractivity contribution in [3.05, 3.63) is 30.2 Å². The van der Waals surface area contributed by atoms with Crippen LogP contribution >= 0.6 is 0 Å². The minimum atomic E-state index is 0.116. The van der Waals surface area contributed by atoms with E-state index in [0.29, 0.717) is 11.7 Å². The minimum Gasteiger partial charge on any atom is -0.339 e. The predicted molar refractivity (Wildman–Crippen MR) is 83.2 cm³/mol. The van der Waals surface area contributed by atoms with Crippen LogP contribution in [-0.4, -0.2) is 26.0 Å². The Labute approximate surface area is 128 Å². The third-order valence-electron chi connectivity index (χ3n) is 4.53. The van der Waals surface area contributed by atoms with E-state index in [-0.39, 0.29) is 12.0 Å². The third-order valence-corrected chi connectivity index (χ3v) is 4.53. The number of aromatic nitrogens is 4. The molecule has 0 unspecified atom stereocenters. The van der Waals surface area contributed by atoms with E-state index in [1.165, 1.54) is 12.8 Å². The van der Waals surface area contributed by atoms with Crippen LogP contribution in [0.15, 0.2) is 28.8 Å². The summed E-state index contributed by atoms with van der Waals surface area (Å²) in [5.74, 6) is 1.42. The number of fused-ring (bicyclic) bond motifs is 1. The van der Waals surface area contributed by atoms with E-state index in [9.17, 15) is 0 Å². The standard InChI is InChI=1S/C16H19N5O/c1-21-14(11-7-3-5-9-13(11)19-21)15-18-16(22-20-15)10-6-2-4-8-12(10)17/h3,5,7,9-10,12H,2,4,6,8,17H2,1H3/t10-,12+/m1/s1. The van der Waals surface area contributed by atoms with Crippen molar-refractivity contribution in [1.29, 1.82) is 0 Å². The zero-order valence-electron chi connectivity index (χ0n) is 12.6. The van der Waals surface area contributed by atoms with Crippen molar-refractivity contribution in [2.24, 2.45) is 12.8 Å². The summed E-state index contributed by atoms with van der Waals surface area (Å²) in [6, 6.07) is 8.09. The molecule has 6 nitrogen and oxygen atoms in total. The maximum absolute atomic E-state index is 6.21. The average molecular weight is 297 g/mol. The van der Waals surface area contributed by atoms with Gasteiger partial charge in [-0.05, 0) is 18.9 Å². The second-order valence-corrected chi connectivity index (χ2v) is 6.00. The molecule has 22 heavy (non-hydrogen) atoms. The van der Waals surface area contributed by atoms with Crippen LogP contribution in [0, 0.1) is 0 Å². The van der Waals surface area contributed by atoms with Gasteiger partial charge in [-0.25, -0.2) is 0 Å². The zero-order valence-corrected chi connectivity index (χ0v) is 12.6. The molecule has 1 fully saturated rings. The summed E-state index contributed by atoms with van der Waals surface area (Å²) in [7, 11) is 1.90. The lowest BCUT2D eigenvalue weighted by molar-refractivity contribution is 0.290. The molecule has 0 saturated heterocycles. The van der Waals surface area contributed by atoms with Crippen LogP contribution in [0.1, 0.15) is 37.5 Å². The maximum atomic E-state index is 6.21. The lowest BCUT2D eigenvalue weighted by atomic mass is 9.85. The van der Waals surface area contributed by atoms with Gasteiger partial charge in [0.15, 0.2) is 0 Å². The molecular formula is C16H19N5O. The van der Waals surface area contributed by atoms with Gasteiger partial charge in [-0.1, -0.05) is 36.2 Å². The van der Waals surface area contributed by atoms with Gasteiger partial charge >= 0.3 is 0 Å².